The lowest BCUT2D eigenvalue weighted by Gasteiger charge is -2.03. The van der Waals surface area contributed by atoms with Crippen LogP contribution in [0.3, 0.4) is 0 Å². The molecule has 0 atom stereocenters. The molecule has 1 aliphatic rings. The van der Waals surface area contributed by atoms with E-state index in [4.69, 9.17) is 4.42 Å². The summed E-state index contributed by atoms with van der Waals surface area (Å²) in [5, 5.41) is 0. The highest BCUT2D eigenvalue weighted by molar-refractivity contribution is 5.87. The van der Waals surface area contributed by atoms with Gasteiger partial charge >= 0.3 is 12.1 Å². The average Bonchev–Trinajstić information content (AvgIpc) is 2.98. The maximum atomic E-state index is 12.8. The summed E-state index contributed by atoms with van der Waals surface area (Å²) in [6.07, 6.45) is -0.330. The second-order valence-electron chi connectivity index (χ2n) is 4.86. The van der Waals surface area contributed by atoms with Crippen LogP contribution in [0.2, 0.25) is 0 Å². The van der Waals surface area contributed by atoms with Crippen LogP contribution in [0, 0.1) is 5.92 Å². The highest BCUT2D eigenvalue weighted by Gasteiger charge is 2.41. The summed E-state index contributed by atoms with van der Waals surface area (Å²) < 4.78 is 48.1. The van der Waals surface area contributed by atoms with Gasteiger partial charge in [0.25, 0.3) is 0 Å². The molecule has 20 heavy (non-hydrogen) atoms. The minimum Gasteiger partial charge on any atom is -0.460 e. The van der Waals surface area contributed by atoms with Crippen molar-refractivity contribution < 1.29 is 27.1 Å². The minimum atomic E-state index is -4.72. The second-order valence-corrected chi connectivity index (χ2v) is 4.86. The number of ether oxygens (including phenoxy) is 1. The van der Waals surface area contributed by atoms with Crippen molar-refractivity contribution >= 4 is 5.97 Å². The van der Waals surface area contributed by atoms with Crippen LogP contribution >= 0.6 is 0 Å². The van der Waals surface area contributed by atoms with E-state index in [1.165, 1.54) is 6.92 Å². The Hall–Kier alpha value is -1.53. The molecule has 0 amide bonds. The zero-order valence-electron chi connectivity index (χ0n) is 11.1. The average molecular weight is 291 g/mol. The third-order valence-electron chi connectivity index (χ3n) is 3.34. The van der Waals surface area contributed by atoms with Crippen LogP contribution in [0.5, 0.6) is 0 Å². The molecule has 1 heterocycles. The van der Waals surface area contributed by atoms with Crippen molar-refractivity contribution in [3.8, 4) is 0 Å². The fourth-order valence-corrected chi connectivity index (χ4v) is 2.44. The van der Waals surface area contributed by atoms with Gasteiger partial charge in [-0.25, -0.2) is 9.78 Å². The van der Waals surface area contributed by atoms with Crippen molar-refractivity contribution in [2.75, 3.05) is 6.61 Å². The Kier molecular flexibility index (Phi) is 4.35. The SMILES string of the molecule is CCOC(=O)c1oc(CC2CCCC2)nc1C(F)(F)F. The molecule has 0 aromatic carbocycles. The van der Waals surface area contributed by atoms with Gasteiger partial charge in [-0.05, 0) is 25.7 Å². The largest absolute Gasteiger partial charge is 0.460 e. The first kappa shape index (κ1) is 14.9. The van der Waals surface area contributed by atoms with Crippen molar-refractivity contribution in [2.24, 2.45) is 5.92 Å². The summed E-state index contributed by atoms with van der Waals surface area (Å²) in [7, 11) is 0. The van der Waals surface area contributed by atoms with E-state index in [0.717, 1.165) is 25.7 Å². The normalized spacial score (nSPS) is 16.6. The molecule has 2 rings (SSSR count). The molecular weight excluding hydrogens is 275 g/mol. The van der Waals surface area contributed by atoms with E-state index in [9.17, 15) is 18.0 Å². The molecule has 4 nitrogen and oxygen atoms in total. The van der Waals surface area contributed by atoms with Gasteiger partial charge in [-0.2, -0.15) is 13.2 Å². The van der Waals surface area contributed by atoms with Crippen LogP contribution < -0.4 is 0 Å². The van der Waals surface area contributed by atoms with Gasteiger partial charge in [-0.3, -0.25) is 0 Å². The zero-order valence-corrected chi connectivity index (χ0v) is 11.1. The third-order valence-corrected chi connectivity index (χ3v) is 3.34. The first-order valence-electron chi connectivity index (χ1n) is 6.65. The molecule has 0 spiro atoms. The Morgan fingerprint density at radius 3 is 2.60 bits per heavy atom. The number of oxazole rings is 1. The lowest BCUT2D eigenvalue weighted by molar-refractivity contribution is -0.141. The maximum Gasteiger partial charge on any atom is 0.437 e. The lowest BCUT2D eigenvalue weighted by atomic mass is 10.0. The number of hydrogen-bond acceptors (Lipinski definition) is 4. The van der Waals surface area contributed by atoms with Crippen molar-refractivity contribution in [1.82, 2.24) is 4.98 Å². The number of hydrogen-bond donors (Lipinski definition) is 0. The molecule has 7 heteroatoms. The molecule has 1 aromatic rings. The molecule has 0 saturated heterocycles. The standard InChI is InChI=1S/C13H16F3NO3/c1-2-19-12(18)10-11(13(14,15)16)17-9(20-10)7-8-5-3-4-6-8/h8H,2-7H2,1H3. The summed E-state index contributed by atoms with van der Waals surface area (Å²) in [6.45, 7) is 1.50. The molecule has 0 bridgehead atoms. The Labute approximate surface area is 114 Å². The smallest absolute Gasteiger partial charge is 0.437 e. The summed E-state index contributed by atoms with van der Waals surface area (Å²) >= 11 is 0. The zero-order chi connectivity index (χ0) is 14.8. The van der Waals surface area contributed by atoms with Crippen LogP contribution in [-0.4, -0.2) is 17.6 Å². The van der Waals surface area contributed by atoms with Gasteiger partial charge < -0.3 is 9.15 Å². The highest BCUT2D eigenvalue weighted by Crippen LogP contribution is 2.34. The molecule has 112 valence electrons. The first-order chi connectivity index (χ1) is 9.41. The molecule has 0 N–H and O–H groups in total. The lowest BCUT2D eigenvalue weighted by Crippen LogP contribution is -2.14. The number of carbonyl (C=O) groups is 1. The van der Waals surface area contributed by atoms with Crippen molar-refractivity contribution in [3.05, 3.63) is 17.3 Å². The van der Waals surface area contributed by atoms with Crippen LogP contribution in [0.25, 0.3) is 0 Å². The van der Waals surface area contributed by atoms with E-state index in [1.807, 2.05) is 0 Å². The Morgan fingerprint density at radius 2 is 2.05 bits per heavy atom. The predicted molar refractivity (Wildman–Crippen MR) is 63.1 cm³/mol. The van der Waals surface area contributed by atoms with Gasteiger partial charge in [0, 0.05) is 6.42 Å². The molecular formula is C13H16F3NO3. The van der Waals surface area contributed by atoms with E-state index in [1.54, 1.807) is 0 Å². The molecule has 1 aliphatic carbocycles. The van der Waals surface area contributed by atoms with Crippen molar-refractivity contribution in [1.29, 1.82) is 0 Å². The molecule has 0 unspecified atom stereocenters. The molecule has 1 aromatic heterocycles. The van der Waals surface area contributed by atoms with Gasteiger partial charge in [0.2, 0.25) is 5.76 Å². The van der Waals surface area contributed by atoms with E-state index in [0.29, 0.717) is 6.42 Å². The van der Waals surface area contributed by atoms with Crippen LogP contribution in [-0.2, 0) is 17.3 Å². The number of aromatic nitrogens is 1. The van der Waals surface area contributed by atoms with Crippen LogP contribution in [0.4, 0.5) is 13.2 Å². The van der Waals surface area contributed by atoms with Crippen LogP contribution in [0.15, 0.2) is 4.42 Å². The summed E-state index contributed by atoms with van der Waals surface area (Å²) in [4.78, 5) is 15.0. The topological polar surface area (TPSA) is 52.3 Å². The van der Waals surface area contributed by atoms with Gasteiger partial charge in [-0.15, -0.1) is 0 Å². The number of esters is 1. The number of carbonyl (C=O) groups excluding carboxylic acids is 1. The fraction of sp³-hybridized carbons (Fsp3) is 0.692. The summed E-state index contributed by atoms with van der Waals surface area (Å²) in [6, 6.07) is 0. The minimum absolute atomic E-state index is 0.0191. The van der Waals surface area contributed by atoms with Gasteiger partial charge in [0.05, 0.1) is 6.61 Å². The highest BCUT2D eigenvalue weighted by atomic mass is 19.4. The number of halogens is 3. The monoisotopic (exact) mass is 291 g/mol. The molecule has 1 fully saturated rings. The predicted octanol–water partition coefficient (Wildman–Crippen LogP) is 3.60. The number of rotatable bonds is 4. The Bertz CT molecular complexity index is 476. The van der Waals surface area contributed by atoms with E-state index in [-0.39, 0.29) is 18.4 Å². The summed E-state index contributed by atoms with van der Waals surface area (Å²) in [5.74, 6) is -1.71. The van der Waals surface area contributed by atoms with E-state index in [2.05, 4.69) is 9.72 Å². The van der Waals surface area contributed by atoms with Gasteiger partial charge in [-0.1, -0.05) is 12.8 Å². The van der Waals surface area contributed by atoms with Gasteiger partial charge in [0.1, 0.15) is 0 Å². The molecule has 0 aliphatic heterocycles. The Balaban J connectivity index is 2.24. The van der Waals surface area contributed by atoms with Crippen LogP contribution in [0.1, 0.15) is 54.7 Å². The molecule has 0 radical (unpaired) electrons. The number of nitrogens with zero attached hydrogens (tertiary/aromatic N) is 1. The fourth-order valence-electron chi connectivity index (χ4n) is 2.44. The maximum absolute atomic E-state index is 12.8. The first-order valence-corrected chi connectivity index (χ1v) is 6.65. The Morgan fingerprint density at radius 1 is 1.40 bits per heavy atom. The number of alkyl halides is 3. The van der Waals surface area contributed by atoms with E-state index < -0.39 is 23.6 Å². The summed E-state index contributed by atoms with van der Waals surface area (Å²) in [5.41, 5.74) is -1.29. The van der Waals surface area contributed by atoms with E-state index >= 15 is 0 Å². The van der Waals surface area contributed by atoms with Gasteiger partial charge in [0.15, 0.2) is 11.6 Å². The molecule has 1 saturated carbocycles. The quantitative estimate of drug-likeness (QED) is 0.795. The third kappa shape index (κ3) is 3.32. The van der Waals surface area contributed by atoms with Crippen molar-refractivity contribution in [2.45, 2.75) is 45.2 Å². The van der Waals surface area contributed by atoms with Crippen molar-refractivity contribution in [3.63, 3.8) is 0 Å². The second kappa shape index (κ2) is 5.85.